The minimum absolute atomic E-state index is 0.214. The van der Waals surface area contributed by atoms with Gasteiger partial charge >= 0.3 is 11.9 Å². The molecule has 0 aromatic heterocycles. The molecule has 3 unspecified atom stereocenters. The van der Waals surface area contributed by atoms with Crippen molar-refractivity contribution >= 4 is 29.7 Å². The van der Waals surface area contributed by atoms with Crippen molar-refractivity contribution in [2.75, 3.05) is 19.7 Å². The van der Waals surface area contributed by atoms with Crippen LogP contribution in [-0.4, -0.2) is 82.8 Å². The Morgan fingerprint density at radius 1 is 1.00 bits per heavy atom. The average molecular weight is 388 g/mol. The standard InChI is InChI=1S/C15H24N4O8/c20-7-10(13(25)17-6-12(23)24)19-15(27)9(3-4-11(21)22)18-14(26)8-2-1-5-16-8/h8-10,16,20H,1-7H2,(H,17,25)(H,18,26)(H,19,27)(H,21,22)(H,23,24). The highest BCUT2D eigenvalue weighted by Gasteiger charge is 2.30. The number of carboxylic acid groups (broad SMARTS) is 2. The van der Waals surface area contributed by atoms with Gasteiger partial charge in [-0.25, -0.2) is 0 Å². The van der Waals surface area contributed by atoms with Gasteiger partial charge in [0.05, 0.1) is 12.6 Å². The first kappa shape index (κ1) is 22.3. The zero-order valence-electron chi connectivity index (χ0n) is 14.6. The molecule has 3 amide bonds. The highest BCUT2D eigenvalue weighted by Crippen LogP contribution is 2.07. The van der Waals surface area contributed by atoms with E-state index in [1.54, 1.807) is 0 Å². The van der Waals surface area contributed by atoms with Crippen molar-refractivity contribution in [3.8, 4) is 0 Å². The quantitative estimate of drug-likeness (QED) is 0.190. The van der Waals surface area contributed by atoms with E-state index in [0.717, 1.165) is 6.42 Å². The van der Waals surface area contributed by atoms with Crippen LogP contribution in [0.3, 0.4) is 0 Å². The van der Waals surface area contributed by atoms with Gasteiger partial charge in [-0.2, -0.15) is 0 Å². The normalized spacial score (nSPS) is 18.2. The Balaban J connectivity index is 2.71. The minimum atomic E-state index is -1.44. The number of aliphatic hydroxyl groups excluding tert-OH is 1. The first-order valence-corrected chi connectivity index (χ1v) is 8.41. The molecule has 12 nitrogen and oxygen atoms in total. The van der Waals surface area contributed by atoms with E-state index >= 15 is 0 Å². The average Bonchev–Trinajstić information content (AvgIpc) is 3.15. The highest BCUT2D eigenvalue weighted by atomic mass is 16.4. The van der Waals surface area contributed by atoms with Crippen LogP contribution in [0.15, 0.2) is 0 Å². The van der Waals surface area contributed by atoms with Crippen LogP contribution < -0.4 is 21.3 Å². The van der Waals surface area contributed by atoms with Gasteiger partial charge in [0.15, 0.2) is 0 Å². The third-order valence-corrected chi connectivity index (χ3v) is 3.89. The fourth-order valence-corrected chi connectivity index (χ4v) is 2.47. The lowest BCUT2D eigenvalue weighted by Gasteiger charge is -2.23. The maximum Gasteiger partial charge on any atom is 0.322 e. The molecule has 0 saturated carbocycles. The first-order valence-electron chi connectivity index (χ1n) is 8.41. The number of aliphatic hydroxyl groups is 1. The molecule has 12 heteroatoms. The molecule has 27 heavy (non-hydrogen) atoms. The molecule has 152 valence electrons. The third-order valence-electron chi connectivity index (χ3n) is 3.89. The lowest BCUT2D eigenvalue weighted by Crippen LogP contribution is -2.57. The second-order valence-corrected chi connectivity index (χ2v) is 6.00. The van der Waals surface area contributed by atoms with E-state index in [2.05, 4.69) is 16.0 Å². The van der Waals surface area contributed by atoms with E-state index in [-0.39, 0.29) is 6.42 Å². The van der Waals surface area contributed by atoms with Gasteiger partial charge in [-0.15, -0.1) is 0 Å². The minimum Gasteiger partial charge on any atom is -0.481 e. The van der Waals surface area contributed by atoms with Gasteiger partial charge < -0.3 is 36.6 Å². The molecular weight excluding hydrogens is 364 g/mol. The van der Waals surface area contributed by atoms with Gasteiger partial charge in [0, 0.05) is 6.42 Å². The number of rotatable bonds is 11. The van der Waals surface area contributed by atoms with Gasteiger partial charge in [0.1, 0.15) is 18.6 Å². The molecule has 0 spiro atoms. The van der Waals surface area contributed by atoms with Gasteiger partial charge in [-0.05, 0) is 25.8 Å². The summed E-state index contributed by atoms with van der Waals surface area (Å²) in [6, 6.07) is -3.15. The zero-order chi connectivity index (χ0) is 20.4. The Kier molecular flexibility index (Phi) is 9.16. The van der Waals surface area contributed by atoms with Gasteiger partial charge in [-0.3, -0.25) is 24.0 Å². The molecule has 0 radical (unpaired) electrons. The monoisotopic (exact) mass is 388 g/mol. The number of aliphatic carboxylic acids is 2. The molecule has 3 atom stereocenters. The predicted molar refractivity (Wildman–Crippen MR) is 89.5 cm³/mol. The van der Waals surface area contributed by atoms with E-state index in [4.69, 9.17) is 10.2 Å². The van der Waals surface area contributed by atoms with E-state index in [1.165, 1.54) is 0 Å². The first-order chi connectivity index (χ1) is 12.7. The van der Waals surface area contributed by atoms with Crippen LogP contribution in [0.25, 0.3) is 0 Å². The van der Waals surface area contributed by atoms with Crippen molar-refractivity contribution in [1.82, 2.24) is 21.3 Å². The Labute approximate surface area is 154 Å². The maximum atomic E-state index is 12.4. The predicted octanol–water partition coefficient (Wildman–Crippen LogP) is -3.23. The van der Waals surface area contributed by atoms with Crippen LogP contribution in [0.4, 0.5) is 0 Å². The summed E-state index contributed by atoms with van der Waals surface area (Å²) < 4.78 is 0. The van der Waals surface area contributed by atoms with Crippen molar-refractivity contribution < 1.29 is 39.3 Å². The number of nitrogens with one attached hydrogen (secondary N) is 4. The second kappa shape index (κ2) is 11.1. The summed E-state index contributed by atoms with van der Waals surface area (Å²) in [5, 5.41) is 36.2. The molecule has 0 aliphatic carbocycles. The van der Waals surface area contributed by atoms with Crippen LogP contribution in [-0.2, 0) is 24.0 Å². The molecule has 7 N–H and O–H groups in total. The summed E-state index contributed by atoms with van der Waals surface area (Å²) in [5.41, 5.74) is 0. The number of carboxylic acids is 2. The molecule has 1 rings (SSSR count). The summed E-state index contributed by atoms with van der Waals surface area (Å²) in [6.45, 7) is -0.848. The van der Waals surface area contributed by atoms with Crippen molar-refractivity contribution in [2.24, 2.45) is 0 Å². The summed E-state index contributed by atoms with van der Waals surface area (Å²) >= 11 is 0. The van der Waals surface area contributed by atoms with Crippen molar-refractivity contribution in [3.63, 3.8) is 0 Å². The number of amides is 3. The second-order valence-electron chi connectivity index (χ2n) is 6.00. The Morgan fingerprint density at radius 2 is 1.70 bits per heavy atom. The lowest BCUT2D eigenvalue weighted by atomic mass is 10.1. The van der Waals surface area contributed by atoms with Gasteiger partial charge in [-0.1, -0.05) is 0 Å². The Bertz CT molecular complexity index is 576. The molecule has 1 heterocycles. The van der Waals surface area contributed by atoms with Gasteiger partial charge in [0.2, 0.25) is 17.7 Å². The Morgan fingerprint density at radius 3 is 2.22 bits per heavy atom. The van der Waals surface area contributed by atoms with E-state index < -0.39 is 67.4 Å². The van der Waals surface area contributed by atoms with Crippen LogP contribution in [0, 0.1) is 0 Å². The van der Waals surface area contributed by atoms with Crippen LogP contribution in [0.2, 0.25) is 0 Å². The third kappa shape index (κ3) is 8.00. The van der Waals surface area contributed by atoms with E-state index in [1.807, 2.05) is 5.32 Å². The van der Waals surface area contributed by atoms with Crippen LogP contribution in [0.1, 0.15) is 25.7 Å². The zero-order valence-corrected chi connectivity index (χ0v) is 14.6. The fraction of sp³-hybridized carbons (Fsp3) is 0.667. The molecule has 1 saturated heterocycles. The fourth-order valence-electron chi connectivity index (χ4n) is 2.47. The number of carbonyl (C=O) groups excluding carboxylic acids is 3. The summed E-state index contributed by atoms with van der Waals surface area (Å²) in [4.78, 5) is 57.6. The molecular formula is C15H24N4O8. The maximum absolute atomic E-state index is 12.4. The van der Waals surface area contributed by atoms with Crippen molar-refractivity contribution in [2.45, 2.75) is 43.8 Å². The summed E-state index contributed by atoms with van der Waals surface area (Å²) in [6.07, 6.45) is 0.760. The molecule has 0 aromatic carbocycles. The smallest absolute Gasteiger partial charge is 0.322 e. The SMILES string of the molecule is O=C(O)CCC(NC(=O)C1CCCN1)C(=O)NC(CO)C(=O)NCC(=O)O. The number of hydrogen-bond acceptors (Lipinski definition) is 7. The number of hydrogen-bond donors (Lipinski definition) is 7. The molecule has 1 aliphatic heterocycles. The summed E-state index contributed by atoms with van der Waals surface area (Å²) in [5.74, 6) is -4.71. The van der Waals surface area contributed by atoms with Crippen molar-refractivity contribution in [3.05, 3.63) is 0 Å². The number of carbonyl (C=O) groups is 5. The largest absolute Gasteiger partial charge is 0.481 e. The van der Waals surface area contributed by atoms with Crippen LogP contribution >= 0.6 is 0 Å². The highest BCUT2D eigenvalue weighted by molar-refractivity contribution is 5.94. The van der Waals surface area contributed by atoms with Gasteiger partial charge in [0.25, 0.3) is 0 Å². The van der Waals surface area contributed by atoms with E-state index in [9.17, 15) is 29.1 Å². The summed E-state index contributed by atoms with van der Waals surface area (Å²) in [7, 11) is 0. The van der Waals surface area contributed by atoms with Crippen LogP contribution in [0.5, 0.6) is 0 Å². The molecule has 0 bridgehead atoms. The topological polar surface area (TPSA) is 194 Å². The van der Waals surface area contributed by atoms with E-state index in [0.29, 0.717) is 13.0 Å². The lowest BCUT2D eigenvalue weighted by molar-refractivity contribution is -0.139. The molecule has 1 fully saturated rings. The van der Waals surface area contributed by atoms with Crippen molar-refractivity contribution in [1.29, 1.82) is 0 Å². The molecule has 0 aromatic rings. The Hall–Kier alpha value is -2.73. The molecule has 1 aliphatic rings.